The number of ether oxygens (including phenoxy) is 1. The molecule has 0 amide bonds. The van der Waals surface area contributed by atoms with Gasteiger partial charge in [0, 0.05) is 33.2 Å². The fourth-order valence-electron chi connectivity index (χ4n) is 2.35. The van der Waals surface area contributed by atoms with Gasteiger partial charge in [-0.05, 0) is 22.0 Å². The van der Waals surface area contributed by atoms with Crippen LogP contribution in [0.2, 0.25) is 25.7 Å². The van der Waals surface area contributed by atoms with Crippen LogP contribution in [0.3, 0.4) is 0 Å². The van der Waals surface area contributed by atoms with Gasteiger partial charge < -0.3 is 9.64 Å². The van der Waals surface area contributed by atoms with Crippen molar-refractivity contribution < 1.29 is 4.74 Å². The summed E-state index contributed by atoms with van der Waals surface area (Å²) in [5.74, 6) is 1.86. The molecule has 0 unspecified atom stereocenters. The van der Waals surface area contributed by atoms with E-state index in [0.717, 1.165) is 45.7 Å². The van der Waals surface area contributed by atoms with Gasteiger partial charge in [-0.2, -0.15) is 0 Å². The Balaban J connectivity index is 1.76. The van der Waals surface area contributed by atoms with E-state index in [1.165, 1.54) is 0 Å². The molecule has 0 spiro atoms. The summed E-state index contributed by atoms with van der Waals surface area (Å²) >= 11 is 5.34. The monoisotopic (exact) mass is 427 g/mol. The van der Waals surface area contributed by atoms with Crippen molar-refractivity contribution in [3.8, 4) is 0 Å². The first kappa shape index (κ1) is 17.9. The van der Waals surface area contributed by atoms with E-state index in [2.05, 4.69) is 61.6 Å². The molecule has 0 saturated carbocycles. The molecular formula is C15H22BrN5OSSi. The predicted molar refractivity (Wildman–Crippen MR) is 106 cm³/mol. The Bertz CT molecular complexity index is 745. The largest absolute Gasteiger partial charge is 0.361 e. The van der Waals surface area contributed by atoms with Gasteiger partial charge >= 0.3 is 0 Å². The van der Waals surface area contributed by atoms with Gasteiger partial charge in [0.15, 0.2) is 17.0 Å². The molecule has 9 heteroatoms. The molecule has 0 atom stereocenters. The zero-order chi connectivity index (χ0) is 17.2. The standard InChI is InChI=1S/C15H22BrN5OSSi/c1-24(2,3)7-5-22-11-21-10-19-13-14(17-9-18-15(13)21)20-4-6-23-12(16)8-20/h8-10H,4-7,11H2,1-3H3. The maximum absolute atomic E-state index is 5.83. The minimum atomic E-state index is -1.07. The normalized spacial score (nSPS) is 15.8. The second-order valence-electron chi connectivity index (χ2n) is 6.91. The van der Waals surface area contributed by atoms with E-state index in [0.29, 0.717) is 6.73 Å². The second-order valence-corrected chi connectivity index (χ2v) is 15.0. The number of aromatic nitrogens is 4. The summed E-state index contributed by atoms with van der Waals surface area (Å²) in [6.45, 7) is 9.23. The van der Waals surface area contributed by atoms with Gasteiger partial charge in [-0.15, -0.1) is 11.8 Å². The van der Waals surface area contributed by atoms with Crippen molar-refractivity contribution in [3.63, 3.8) is 0 Å². The Morgan fingerprint density at radius 3 is 2.88 bits per heavy atom. The maximum Gasteiger partial charge on any atom is 0.167 e. The molecule has 0 N–H and O–H groups in total. The van der Waals surface area contributed by atoms with Crippen molar-refractivity contribution in [2.45, 2.75) is 32.4 Å². The number of fused-ring (bicyclic) bond motifs is 1. The third kappa shape index (κ3) is 4.38. The number of hydrogen-bond acceptors (Lipinski definition) is 6. The highest BCUT2D eigenvalue weighted by atomic mass is 79.9. The van der Waals surface area contributed by atoms with E-state index < -0.39 is 8.07 Å². The number of thioether (sulfide) groups is 1. The molecule has 1 aliphatic rings. The molecule has 3 heterocycles. The van der Waals surface area contributed by atoms with Crippen LogP contribution >= 0.6 is 27.7 Å². The van der Waals surface area contributed by atoms with Crippen molar-refractivity contribution in [3.05, 3.63) is 22.7 Å². The number of nitrogens with zero attached hydrogens (tertiary/aromatic N) is 5. The van der Waals surface area contributed by atoms with Gasteiger partial charge in [-0.1, -0.05) is 19.6 Å². The number of halogens is 1. The molecule has 0 aromatic carbocycles. The Kier molecular flexibility index (Phi) is 5.63. The lowest BCUT2D eigenvalue weighted by molar-refractivity contribution is 0.0895. The van der Waals surface area contributed by atoms with Crippen molar-refractivity contribution in [2.75, 3.05) is 23.8 Å². The fourth-order valence-corrected chi connectivity index (χ4v) is 4.52. The lowest BCUT2D eigenvalue weighted by atomic mass is 10.4. The molecule has 3 rings (SSSR count). The molecule has 0 aliphatic carbocycles. The van der Waals surface area contributed by atoms with Crippen LogP contribution in [0.25, 0.3) is 11.2 Å². The number of rotatable bonds is 6. The summed E-state index contributed by atoms with van der Waals surface area (Å²) in [5.41, 5.74) is 1.63. The van der Waals surface area contributed by atoms with Crippen LogP contribution in [0, 0.1) is 0 Å². The quantitative estimate of drug-likeness (QED) is 0.514. The fraction of sp³-hybridized carbons (Fsp3) is 0.533. The van der Waals surface area contributed by atoms with Gasteiger partial charge in [-0.25, -0.2) is 15.0 Å². The Morgan fingerprint density at radius 1 is 1.29 bits per heavy atom. The van der Waals surface area contributed by atoms with Crippen molar-refractivity contribution in [1.82, 2.24) is 19.5 Å². The highest BCUT2D eigenvalue weighted by Crippen LogP contribution is 2.31. The number of anilines is 1. The third-order valence-corrected chi connectivity index (χ3v) is 7.07. The van der Waals surface area contributed by atoms with Crippen molar-refractivity contribution >= 4 is 52.7 Å². The summed E-state index contributed by atoms with van der Waals surface area (Å²) in [7, 11) is -1.07. The van der Waals surface area contributed by atoms with Gasteiger partial charge in [-0.3, -0.25) is 4.57 Å². The summed E-state index contributed by atoms with van der Waals surface area (Å²) in [6.07, 6.45) is 5.44. The second kappa shape index (κ2) is 7.55. The predicted octanol–water partition coefficient (Wildman–Crippen LogP) is 3.89. The van der Waals surface area contributed by atoms with Gasteiger partial charge in [0.25, 0.3) is 0 Å². The Hall–Kier alpha value is -0.903. The van der Waals surface area contributed by atoms with Crippen molar-refractivity contribution in [2.24, 2.45) is 0 Å². The van der Waals surface area contributed by atoms with E-state index in [9.17, 15) is 0 Å². The molecule has 0 saturated heterocycles. The lowest BCUT2D eigenvalue weighted by Crippen LogP contribution is -2.23. The first-order valence-electron chi connectivity index (χ1n) is 7.94. The van der Waals surface area contributed by atoms with E-state index in [-0.39, 0.29) is 0 Å². The van der Waals surface area contributed by atoms with Crippen molar-refractivity contribution in [1.29, 1.82) is 0 Å². The van der Waals surface area contributed by atoms with E-state index in [1.807, 2.05) is 4.57 Å². The molecule has 2 aromatic rings. The third-order valence-electron chi connectivity index (χ3n) is 3.71. The highest BCUT2D eigenvalue weighted by Gasteiger charge is 2.18. The summed E-state index contributed by atoms with van der Waals surface area (Å²) in [5, 5.41) is 0. The minimum absolute atomic E-state index is 0.479. The number of hydrogen-bond donors (Lipinski definition) is 0. The van der Waals surface area contributed by atoms with Crippen LogP contribution < -0.4 is 4.90 Å². The van der Waals surface area contributed by atoms with Gasteiger partial charge in [0.1, 0.15) is 13.1 Å². The zero-order valence-electron chi connectivity index (χ0n) is 14.2. The summed E-state index contributed by atoms with van der Waals surface area (Å²) in [6, 6.07) is 1.16. The summed E-state index contributed by atoms with van der Waals surface area (Å²) < 4.78 is 8.88. The van der Waals surface area contributed by atoms with Crippen LogP contribution in [0.1, 0.15) is 0 Å². The zero-order valence-corrected chi connectivity index (χ0v) is 17.6. The molecule has 6 nitrogen and oxygen atoms in total. The smallest absolute Gasteiger partial charge is 0.167 e. The average Bonchev–Trinajstić information content (AvgIpc) is 2.94. The maximum atomic E-state index is 5.83. The Labute approximate surface area is 155 Å². The SMILES string of the molecule is C[Si](C)(C)CCOCn1cnc2c(N3C=C(Br)SCC3)ncnc21. The van der Waals surface area contributed by atoms with Crippen LogP contribution in [-0.2, 0) is 11.5 Å². The van der Waals surface area contributed by atoms with Gasteiger partial charge in [0.2, 0.25) is 0 Å². The molecule has 0 radical (unpaired) electrons. The van der Waals surface area contributed by atoms with Crippen LogP contribution in [0.5, 0.6) is 0 Å². The van der Waals surface area contributed by atoms with Crippen LogP contribution in [0.4, 0.5) is 5.82 Å². The number of imidazole rings is 1. The van der Waals surface area contributed by atoms with Gasteiger partial charge in [0.05, 0.1) is 10.1 Å². The molecule has 24 heavy (non-hydrogen) atoms. The average molecular weight is 428 g/mol. The Morgan fingerprint density at radius 2 is 2.12 bits per heavy atom. The molecule has 0 fully saturated rings. The first-order chi connectivity index (χ1) is 11.4. The molecule has 130 valence electrons. The minimum Gasteiger partial charge on any atom is -0.361 e. The molecular weight excluding hydrogens is 406 g/mol. The molecule has 2 aromatic heterocycles. The first-order valence-corrected chi connectivity index (χ1v) is 13.4. The molecule has 0 bridgehead atoms. The van der Waals surface area contributed by atoms with Crippen LogP contribution in [-0.4, -0.2) is 46.5 Å². The lowest BCUT2D eigenvalue weighted by Gasteiger charge is -2.23. The van der Waals surface area contributed by atoms with Crippen LogP contribution in [0.15, 0.2) is 22.7 Å². The highest BCUT2D eigenvalue weighted by molar-refractivity contribution is 9.14. The van der Waals surface area contributed by atoms with E-state index in [1.54, 1.807) is 24.4 Å². The van der Waals surface area contributed by atoms with E-state index >= 15 is 0 Å². The summed E-state index contributed by atoms with van der Waals surface area (Å²) in [4.78, 5) is 15.5. The molecule has 1 aliphatic heterocycles. The van der Waals surface area contributed by atoms with E-state index in [4.69, 9.17) is 4.74 Å². The topological polar surface area (TPSA) is 56.1 Å².